The molecule has 0 bridgehead atoms. The summed E-state index contributed by atoms with van der Waals surface area (Å²) in [6.45, 7) is 0. The van der Waals surface area contributed by atoms with Crippen molar-refractivity contribution >= 4 is 12.2 Å². The average molecular weight is 277 g/mol. The molecule has 1 saturated carbocycles. The third-order valence-electron chi connectivity index (χ3n) is 3.61. The Morgan fingerprint density at radius 2 is 2.16 bits per heavy atom. The summed E-state index contributed by atoms with van der Waals surface area (Å²) >= 11 is 4.84. The van der Waals surface area contributed by atoms with Gasteiger partial charge in [0, 0.05) is 12.2 Å². The number of H-pyrrole nitrogens is 1. The Morgan fingerprint density at radius 3 is 2.84 bits per heavy atom. The molecule has 0 saturated heterocycles. The molecule has 0 spiro atoms. The van der Waals surface area contributed by atoms with E-state index in [2.05, 4.69) is 10.2 Å². The summed E-state index contributed by atoms with van der Waals surface area (Å²) in [5, 5.41) is 6.47. The number of pyridine rings is 1. The Labute approximate surface area is 115 Å². The summed E-state index contributed by atoms with van der Waals surface area (Å²) in [5.41, 5.74) is 0.403. The van der Waals surface area contributed by atoms with E-state index < -0.39 is 0 Å². The van der Waals surface area contributed by atoms with Gasteiger partial charge in [0.1, 0.15) is 5.56 Å². The van der Waals surface area contributed by atoms with Crippen LogP contribution in [0.25, 0.3) is 11.5 Å². The number of hydrogen-bond acceptors (Lipinski definition) is 4. The van der Waals surface area contributed by atoms with Crippen LogP contribution in [0.3, 0.4) is 0 Å². The Hall–Kier alpha value is -1.69. The molecule has 0 unspecified atom stereocenters. The monoisotopic (exact) mass is 277 g/mol. The first kappa shape index (κ1) is 12.3. The van der Waals surface area contributed by atoms with Crippen LogP contribution in [-0.4, -0.2) is 14.8 Å². The van der Waals surface area contributed by atoms with Gasteiger partial charge >= 0.3 is 0 Å². The Balaban J connectivity index is 2.03. The molecule has 2 heterocycles. The molecule has 1 aliphatic carbocycles. The minimum atomic E-state index is -0.0559. The maximum absolute atomic E-state index is 12.5. The van der Waals surface area contributed by atoms with Crippen LogP contribution in [0.2, 0.25) is 0 Å². The second-order valence-electron chi connectivity index (χ2n) is 4.84. The van der Waals surface area contributed by atoms with Crippen molar-refractivity contribution in [2.24, 2.45) is 0 Å². The topological polar surface area (TPSA) is 63.8 Å². The van der Waals surface area contributed by atoms with Crippen molar-refractivity contribution in [1.82, 2.24) is 14.8 Å². The predicted octanol–water partition coefficient (Wildman–Crippen LogP) is 3.07. The summed E-state index contributed by atoms with van der Waals surface area (Å²) in [6.07, 6.45) is 7.61. The van der Waals surface area contributed by atoms with Crippen molar-refractivity contribution in [3.8, 4) is 11.5 Å². The zero-order valence-electron chi connectivity index (χ0n) is 10.5. The second kappa shape index (κ2) is 5.13. The Bertz CT molecular complexity index is 679. The first-order chi connectivity index (χ1) is 9.25. The van der Waals surface area contributed by atoms with E-state index in [0.717, 1.165) is 12.8 Å². The van der Waals surface area contributed by atoms with Crippen LogP contribution >= 0.6 is 12.2 Å². The first-order valence-corrected chi connectivity index (χ1v) is 6.93. The predicted molar refractivity (Wildman–Crippen MR) is 73.5 cm³/mol. The summed E-state index contributed by atoms with van der Waals surface area (Å²) in [7, 11) is 0. The van der Waals surface area contributed by atoms with Crippen LogP contribution < -0.4 is 5.56 Å². The van der Waals surface area contributed by atoms with Crippen LogP contribution in [0.5, 0.6) is 0 Å². The number of nitrogens with zero attached hydrogens (tertiary/aromatic N) is 2. The van der Waals surface area contributed by atoms with E-state index in [1.807, 2.05) is 16.8 Å². The van der Waals surface area contributed by atoms with Crippen molar-refractivity contribution in [1.29, 1.82) is 0 Å². The van der Waals surface area contributed by atoms with Gasteiger partial charge in [0.25, 0.3) is 16.3 Å². The molecule has 2 aromatic heterocycles. The fraction of sp³-hybridized carbons (Fsp3) is 0.462. The minimum absolute atomic E-state index is 0.0559. The average Bonchev–Trinajstić information content (AvgIpc) is 2.86. The molecular formula is C13H15N3O2S. The molecule has 3 rings (SSSR count). The van der Waals surface area contributed by atoms with Gasteiger partial charge in [0.15, 0.2) is 0 Å². The SMILES string of the molecule is O=c1c(-c2n[nH]c(=S)o2)cccn1C1CCCCC1. The first-order valence-electron chi connectivity index (χ1n) is 6.53. The van der Waals surface area contributed by atoms with Gasteiger partial charge < -0.3 is 8.98 Å². The van der Waals surface area contributed by atoms with Gasteiger partial charge in [-0.2, -0.15) is 0 Å². The van der Waals surface area contributed by atoms with Gasteiger partial charge in [-0.05, 0) is 37.2 Å². The zero-order valence-corrected chi connectivity index (χ0v) is 11.3. The summed E-state index contributed by atoms with van der Waals surface area (Å²) in [4.78, 5) is 12.7. The van der Waals surface area contributed by atoms with E-state index in [9.17, 15) is 4.79 Å². The highest BCUT2D eigenvalue weighted by molar-refractivity contribution is 7.71. The number of aromatic nitrogens is 3. The number of nitrogens with one attached hydrogen (secondary N) is 1. The highest BCUT2D eigenvalue weighted by atomic mass is 32.1. The molecular weight excluding hydrogens is 262 g/mol. The van der Waals surface area contributed by atoms with Gasteiger partial charge in [-0.15, -0.1) is 5.10 Å². The lowest BCUT2D eigenvalue weighted by atomic mass is 9.95. The second-order valence-corrected chi connectivity index (χ2v) is 5.22. The molecule has 100 valence electrons. The smallest absolute Gasteiger partial charge is 0.284 e. The van der Waals surface area contributed by atoms with Gasteiger partial charge in [-0.25, -0.2) is 5.10 Å². The lowest BCUT2D eigenvalue weighted by Crippen LogP contribution is -2.26. The molecule has 0 radical (unpaired) electrons. The molecule has 2 aromatic rings. The minimum Gasteiger partial charge on any atom is -0.409 e. The van der Waals surface area contributed by atoms with E-state index in [0.29, 0.717) is 11.6 Å². The van der Waals surface area contributed by atoms with Gasteiger partial charge in [-0.3, -0.25) is 4.79 Å². The van der Waals surface area contributed by atoms with Crippen LogP contribution in [0.1, 0.15) is 38.1 Å². The van der Waals surface area contributed by atoms with Crippen molar-refractivity contribution in [3.05, 3.63) is 33.5 Å². The molecule has 0 atom stereocenters. The van der Waals surface area contributed by atoms with Gasteiger partial charge in [-0.1, -0.05) is 19.3 Å². The highest BCUT2D eigenvalue weighted by Crippen LogP contribution is 2.27. The maximum atomic E-state index is 12.5. The zero-order chi connectivity index (χ0) is 13.2. The molecule has 0 amide bonds. The molecule has 1 N–H and O–H groups in total. The molecule has 1 fully saturated rings. The Morgan fingerprint density at radius 1 is 1.37 bits per heavy atom. The van der Waals surface area contributed by atoms with Crippen molar-refractivity contribution in [3.63, 3.8) is 0 Å². The molecule has 0 aromatic carbocycles. The lowest BCUT2D eigenvalue weighted by molar-refractivity contribution is 0.346. The number of hydrogen-bond donors (Lipinski definition) is 1. The quantitative estimate of drug-likeness (QED) is 0.857. The molecule has 0 aliphatic heterocycles. The van der Waals surface area contributed by atoms with Crippen LogP contribution in [0.15, 0.2) is 27.5 Å². The van der Waals surface area contributed by atoms with Crippen molar-refractivity contribution in [2.75, 3.05) is 0 Å². The maximum Gasteiger partial charge on any atom is 0.284 e. The lowest BCUT2D eigenvalue weighted by Gasteiger charge is -2.24. The fourth-order valence-electron chi connectivity index (χ4n) is 2.66. The molecule has 19 heavy (non-hydrogen) atoms. The number of aromatic amines is 1. The summed E-state index contributed by atoms with van der Waals surface area (Å²) in [5.74, 6) is 0.264. The van der Waals surface area contributed by atoms with E-state index in [1.165, 1.54) is 19.3 Å². The summed E-state index contributed by atoms with van der Waals surface area (Å²) in [6, 6.07) is 3.87. The van der Waals surface area contributed by atoms with Gasteiger partial charge in [0.2, 0.25) is 0 Å². The van der Waals surface area contributed by atoms with Crippen molar-refractivity contribution in [2.45, 2.75) is 38.1 Å². The van der Waals surface area contributed by atoms with E-state index in [4.69, 9.17) is 16.6 Å². The molecule has 1 aliphatic rings. The van der Waals surface area contributed by atoms with Crippen molar-refractivity contribution < 1.29 is 4.42 Å². The largest absolute Gasteiger partial charge is 0.409 e. The highest BCUT2D eigenvalue weighted by Gasteiger charge is 2.18. The van der Waals surface area contributed by atoms with Crippen LogP contribution in [0, 0.1) is 4.84 Å². The van der Waals surface area contributed by atoms with Gasteiger partial charge in [0.05, 0.1) is 0 Å². The van der Waals surface area contributed by atoms with E-state index in [1.54, 1.807) is 6.07 Å². The third kappa shape index (κ3) is 2.40. The van der Waals surface area contributed by atoms with Crippen LogP contribution in [0.4, 0.5) is 0 Å². The molecule has 6 heteroatoms. The number of rotatable bonds is 2. The Kier molecular flexibility index (Phi) is 3.33. The standard InChI is InChI=1S/C13H15N3O2S/c17-12-10(11-14-15-13(19)18-11)7-4-8-16(12)9-5-2-1-3-6-9/h4,7-9H,1-3,5-6H2,(H,15,19). The van der Waals surface area contributed by atoms with E-state index in [-0.39, 0.29) is 16.3 Å². The normalized spacial score (nSPS) is 16.6. The summed E-state index contributed by atoms with van der Waals surface area (Å²) < 4.78 is 7.03. The molecule has 5 nitrogen and oxygen atoms in total. The van der Waals surface area contributed by atoms with Crippen LogP contribution in [-0.2, 0) is 0 Å². The fourth-order valence-corrected chi connectivity index (χ4v) is 2.79. The third-order valence-corrected chi connectivity index (χ3v) is 3.79. The van der Waals surface area contributed by atoms with E-state index >= 15 is 0 Å².